The first-order chi connectivity index (χ1) is 15.9. The molecule has 2 aromatic carbocycles. The third kappa shape index (κ3) is 4.87. The molecule has 0 fully saturated rings. The molecule has 0 bridgehead atoms. The average molecular weight is 448 g/mol. The molecule has 0 aliphatic heterocycles. The molecule has 4 N–H and O–H groups in total. The minimum Gasteiger partial charge on any atom is -0.480 e. The smallest absolute Gasteiger partial charge is 0.407 e. The van der Waals surface area contributed by atoms with Gasteiger partial charge in [0.1, 0.15) is 18.7 Å². The van der Waals surface area contributed by atoms with Gasteiger partial charge >= 0.3 is 12.1 Å². The molecule has 9 nitrogen and oxygen atoms in total. The van der Waals surface area contributed by atoms with E-state index in [0.717, 1.165) is 22.3 Å². The van der Waals surface area contributed by atoms with Crippen molar-refractivity contribution in [2.24, 2.45) is 0 Å². The van der Waals surface area contributed by atoms with Crippen LogP contribution >= 0.6 is 0 Å². The number of nitrogens with zero attached hydrogens (tertiary/aromatic N) is 1. The minimum atomic E-state index is -1.18. The number of carbonyl (C=O) groups is 3. The first-order valence-electron chi connectivity index (χ1n) is 10.6. The number of aliphatic carboxylic acids is 1. The lowest BCUT2D eigenvalue weighted by atomic mass is 9.98. The van der Waals surface area contributed by atoms with Gasteiger partial charge in [-0.2, -0.15) is 0 Å². The maximum atomic E-state index is 12.6. The largest absolute Gasteiger partial charge is 0.480 e. The van der Waals surface area contributed by atoms with Crippen LogP contribution < -0.4 is 10.6 Å². The third-order valence-electron chi connectivity index (χ3n) is 5.66. The van der Waals surface area contributed by atoms with Crippen LogP contribution in [0, 0.1) is 0 Å². The van der Waals surface area contributed by atoms with Crippen molar-refractivity contribution >= 4 is 18.0 Å². The van der Waals surface area contributed by atoms with Gasteiger partial charge in [0.2, 0.25) is 5.91 Å². The standard InChI is InChI=1S/C24H24N4O5/c1-14(23(30)31)27-22(29)21(10-15-11-25-13-26-15)28-24(32)33-12-20-18-8-4-2-6-16(18)17-7-3-5-9-19(17)20/h2-9,11,13-14,20-21H,10,12H2,1H3,(H,25,26)(H,27,29)(H,28,32)(H,30,31)/t14-,21?/m0/s1. The molecule has 2 atom stereocenters. The van der Waals surface area contributed by atoms with Gasteiger partial charge in [0.15, 0.2) is 0 Å². The van der Waals surface area contributed by atoms with E-state index in [1.807, 2.05) is 48.5 Å². The number of alkyl carbamates (subject to hydrolysis) is 1. The van der Waals surface area contributed by atoms with E-state index in [4.69, 9.17) is 9.84 Å². The summed E-state index contributed by atoms with van der Waals surface area (Å²) in [5.74, 6) is -1.92. The number of rotatable bonds is 8. The molecule has 4 rings (SSSR count). The van der Waals surface area contributed by atoms with Crippen LogP contribution in [-0.2, 0) is 20.7 Å². The van der Waals surface area contributed by atoms with Crippen molar-refractivity contribution < 1.29 is 24.2 Å². The number of amides is 2. The topological polar surface area (TPSA) is 133 Å². The zero-order chi connectivity index (χ0) is 23.4. The number of carboxylic acid groups (broad SMARTS) is 1. The average Bonchev–Trinajstić information content (AvgIpc) is 3.43. The Bertz CT molecular complexity index is 1120. The summed E-state index contributed by atoms with van der Waals surface area (Å²) < 4.78 is 5.52. The zero-order valence-electron chi connectivity index (χ0n) is 17.9. The molecule has 1 aliphatic carbocycles. The van der Waals surface area contributed by atoms with E-state index in [9.17, 15) is 14.4 Å². The van der Waals surface area contributed by atoms with Crippen molar-refractivity contribution in [1.82, 2.24) is 20.6 Å². The van der Waals surface area contributed by atoms with E-state index >= 15 is 0 Å². The molecular weight excluding hydrogens is 424 g/mol. The van der Waals surface area contributed by atoms with Crippen LogP contribution in [0.4, 0.5) is 4.79 Å². The highest BCUT2D eigenvalue weighted by atomic mass is 16.5. The normalized spacial score (nSPS) is 14.0. The van der Waals surface area contributed by atoms with E-state index < -0.39 is 30.1 Å². The fraction of sp³-hybridized carbons (Fsp3) is 0.250. The van der Waals surface area contributed by atoms with Gasteiger partial charge in [-0.05, 0) is 29.2 Å². The fourth-order valence-electron chi connectivity index (χ4n) is 3.98. The molecule has 0 saturated heterocycles. The van der Waals surface area contributed by atoms with E-state index in [-0.39, 0.29) is 18.9 Å². The number of hydrogen-bond donors (Lipinski definition) is 4. The molecule has 1 aliphatic rings. The highest BCUT2D eigenvalue weighted by molar-refractivity contribution is 5.89. The lowest BCUT2D eigenvalue weighted by Crippen LogP contribution is -2.52. The summed E-state index contributed by atoms with van der Waals surface area (Å²) in [6, 6.07) is 13.8. The first kappa shape index (κ1) is 22.1. The number of fused-ring (bicyclic) bond motifs is 3. The second kappa shape index (κ2) is 9.56. The number of nitrogens with one attached hydrogen (secondary N) is 3. The maximum absolute atomic E-state index is 12.6. The Hall–Kier alpha value is -4.14. The van der Waals surface area contributed by atoms with Gasteiger partial charge in [-0.1, -0.05) is 48.5 Å². The van der Waals surface area contributed by atoms with Crippen molar-refractivity contribution in [2.45, 2.75) is 31.3 Å². The second-order valence-electron chi connectivity index (χ2n) is 7.87. The molecule has 0 radical (unpaired) electrons. The van der Waals surface area contributed by atoms with Crippen LogP contribution in [0.5, 0.6) is 0 Å². The lowest BCUT2D eigenvalue weighted by Gasteiger charge is -2.20. The molecule has 9 heteroatoms. The summed E-state index contributed by atoms with van der Waals surface area (Å²) in [5, 5.41) is 14.0. The van der Waals surface area contributed by atoms with Gasteiger partial charge in [0, 0.05) is 24.2 Å². The first-order valence-corrected chi connectivity index (χ1v) is 10.6. The quantitative estimate of drug-likeness (QED) is 0.418. The number of carboxylic acids is 1. The Morgan fingerprint density at radius 1 is 1.06 bits per heavy atom. The zero-order valence-corrected chi connectivity index (χ0v) is 17.9. The Balaban J connectivity index is 1.44. The molecule has 170 valence electrons. The number of hydrogen-bond acceptors (Lipinski definition) is 5. The Morgan fingerprint density at radius 3 is 2.27 bits per heavy atom. The van der Waals surface area contributed by atoms with Gasteiger partial charge in [-0.15, -0.1) is 0 Å². The molecule has 1 aromatic heterocycles. The van der Waals surface area contributed by atoms with Gasteiger partial charge in [-0.25, -0.2) is 9.78 Å². The highest BCUT2D eigenvalue weighted by Gasteiger charge is 2.30. The summed E-state index contributed by atoms with van der Waals surface area (Å²) in [7, 11) is 0. The number of ether oxygens (including phenoxy) is 1. The number of H-pyrrole nitrogens is 1. The van der Waals surface area contributed by atoms with E-state index in [2.05, 4.69) is 20.6 Å². The van der Waals surface area contributed by atoms with E-state index in [1.54, 1.807) is 0 Å². The van der Waals surface area contributed by atoms with Gasteiger partial charge in [-0.3, -0.25) is 9.59 Å². The number of carbonyl (C=O) groups excluding carboxylic acids is 2. The molecule has 1 unspecified atom stereocenters. The predicted octanol–water partition coefficient (Wildman–Crippen LogP) is 2.45. The van der Waals surface area contributed by atoms with Crippen molar-refractivity contribution in [1.29, 1.82) is 0 Å². The molecular formula is C24H24N4O5. The number of aromatic nitrogens is 2. The Labute approximate surface area is 190 Å². The molecule has 0 spiro atoms. The minimum absolute atomic E-state index is 0.0996. The Kier molecular flexibility index (Phi) is 6.39. The fourth-order valence-corrected chi connectivity index (χ4v) is 3.98. The van der Waals surface area contributed by atoms with E-state index in [0.29, 0.717) is 5.69 Å². The third-order valence-corrected chi connectivity index (χ3v) is 5.66. The molecule has 0 saturated carbocycles. The van der Waals surface area contributed by atoms with Crippen LogP contribution in [0.25, 0.3) is 11.1 Å². The van der Waals surface area contributed by atoms with Crippen molar-refractivity contribution in [2.75, 3.05) is 6.61 Å². The Morgan fingerprint density at radius 2 is 1.70 bits per heavy atom. The lowest BCUT2D eigenvalue weighted by molar-refractivity contribution is -0.141. The number of aromatic amines is 1. The SMILES string of the molecule is C[C@H](NC(=O)C(Cc1cnc[nH]1)NC(=O)OCC1c2ccccc2-c2ccccc21)C(=O)O. The van der Waals surface area contributed by atoms with Crippen LogP contribution in [0.2, 0.25) is 0 Å². The van der Waals surface area contributed by atoms with E-state index in [1.165, 1.54) is 19.4 Å². The molecule has 3 aromatic rings. The van der Waals surface area contributed by atoms with Gasteiger partial charge < -0.3 is 25.5 Å². The number of benzene rings is 2. The summed E-state index contributed by atoms with van der Waals surface area (Å²) in [5.41, 5.74) is 4.99. The van der Waals surface area contributed by atoms with Crippen molar-refractivity contribution in [3.63, 3.8) is 0 Å². The number of imidazole rings is 1. The summed E-state index contributed by atoms with van der Waals surface area (Å²) in [6.45, 7) is 1.45. The summed E-state index contributed by atoms with van der Waals surface area (Å²) in [4.78, 5) is 43.1. The monoisotopic (exact) mass is 448 g/mol. The maximum Gasteiger partial charge on any atom is 0.407 e. The molecule has 1 heterocycles. The molecule has 33 heavy (non-hydrogen) atoms. The molecule has 2 amide bonds. The summed E-state index contributed by atoms with van der Waals surface area (Å²) >= 11 is 0. The van der Waals surface area contributed by atoms with Gasteiger partial charge in [0.25, 0.3) is 0 Å². The van der Waals surface area contributed by atoms with Crippen LogP contribution in [0.3, 0.4) is 0 Å². The summed E-state index contributed by atoms with van der Waals surface area (Å²) in [6.07, 6.45) is 2.32. The van der Waals surface area contributed by atoms with Crippen LogP contribution in [0.1, 0.15) is 29.7 Å². The van der Waals surface area contributed by atoms with Crippen molar-refractivity contribution in [3.8, 4) is 11.1 Å². The van der Waals surface area contributed by atoms with Gasteiger partial charge in [0.05, 0.1) is 6.33 Å². The highest BCUT2D eigenvalue weighted by Crippen LogP contribution is 2.44. The van der Waals surface area contributed by atoms with Crippen LogP contribution in [-0.4, -0.2) is 51.7 Å². The predicted molar refractivity (Wildman–Crippen MR) is 120 cm³/mol. The second-order valence-corrected chi connectivity index (χ2v) is 7.87. The van der Waals surface area contributed by atoms with Crippen molar-refractivity contribution in [3.05, 3.63) is 77.9 Å². The van der Waals surface area contributed by atoms with Crippen LogP contribution in [0.15, 0.2) is 61.1 Å².